The molecule has 2 rings (SSSR count). The molecule has 4 nitrogen and oxygen atoms in total. The van der Waals surface area contributed by atoms with Crippen LogP contribution in [0.3, 0.4) is 0 Å². The third kappa shape index (κ3) is 3.19. The summed E-state index contributed by atoms with van der Waals surface area (Å²) >= 11 is 0. The Morgan fingerprint density at radius 1 is 1.30 bits per heavy atom. The minimum atomic E-state index is -0.404. The predicted molar refractivity (Wildman–Crippen MR) is 81.0 cm³/mol. The third-order valence-corrected chi connectivity index (χ3v) is 4.23. The Morgan fingerprint density at radius 2 is 2.00 bits per heavy atom. The summed E-state index contributed by atoms with van der Waals surface area (Å²) in [6, 6.07) is 6.02. The largest absolute Gasteiger partial charge is 0.384 e. The molecule has 0 aromatic heterocycles. The van der Waals surface area contributed by atoms with Gasteiger partial charge in [-0.15, -0.1) is 0 Å². The van der Waals surface area contributed by atoms with Crippen molar-refractivity contribution >= 4 is 11.6 Å². The zero-order valence-corrected chi connectivity index (χ0v) is 12.6. The molecule has 0 atom stereocenters. The zero-order chi connectivity index (χ0) is 14.6. The first-order chi connectivity index (χ1) is 9.57. The number of benzene rings is 1. The number of methoxy groups -OCH3 is 1. The average molecular weight is 276 g/mol. The van der Waals surface area contributed by atoms with Crippen molar-refractivity contribution in [1.29, 1.82) is 0 Å². The van der Waals surface area contributed by atoms with Crippen molar-refractivity contribution in [1.82, 2.24) is 5.32 Å². The molecule has 0 bridgehead atoms. The van der Waals surface area contributed by atoms with E-state index in [2.05, 4.69) is 24.5 Å². The Labute approximate surface area is 120 Å². The Kier molecular flexibility index (Phi) is 4.78. The molecule has 1 aliphatic rings. The second-order valence-corrected chi connectivity index (χ2v) is 5.72. The number of ether oxygens (including phenoxy) is 1. The van der Waals surface area contributed by atoms with Crippen molar-refractivity contribution in [2.45, 2.75) is 26.7 Å². The Hall–Kier alpha value is -1.39. The van der Waals surface area contributed by atoms with Gasteiger partial charge in [0.2, 0.25) is 5.91 Å². The van der Waals surface area contributed by atoms with Crippen LogP contribution < -0.4 is 10.6 Å². The molecule has 20 heavy (non-hydrogen) atoms. The number of nitrogens with one attached hydrogen (secondary N) is 2. The minimum absolute atomic E-state index is 0.0732. The Morgan fingerprint density at radius 3 is 2.60 bits per heavy atom. The number of carbonyl (C=O) groups is 1. The maximum Gasteiger partial charge on any atom is 0.233 e. The van der Waals surface area contributed by atoms with Gasteiger partial charge in [0.25, 0.3) is 0 Å². The van der Waals surface area contributed by atoms with Crippen LogP contribution in [0, 0.1) is 19.3 Å². The van der Waals surface area contributed by atoms with Crippen LogP contribution in [0.25, 0.3) is 0 Å². The average Bonchev–Trinajstić information content (AvgIpc) is 2.44. The van der Waals surface area contributed by atoms with E-state index in [1.54, 1.807) is 7.11 Å². The summed E-state index contributed by atoms with van der Waals surface area (Å²) < 4.78 is 5.30. The number of rotatable bonds is 4. The number of anilines is 1. The van der Waals surface area contributed by atoms with Crippen LogP contribution in [-0.2, 0) is 9.53 Å². The van der Waals surface area contributed by atoms with E-state index in [-0.39, 0.29) is 5.91 Å². The number of carbonyl (C=O) groups excluding carboxylic acids is 1. The quantitative estimate of drug-likeness (QED) is 0.887. The molecule has 1 aromatic rings. The van der Waals surface area contributed by atoms with Crippen LogP contribution in [0.2, 0.25) is 0 Å². The summed E-state index contributed by atoms with van der Waals surface area (Å²) in [5.74, 6) is 0.0732. The van der Waals surface area contributed by atoms with Gasteiger partial charge in [0.05, 0.1) is 12.0 Å². The number of amides is 1. The molecule has 0 saturated carbocycles. The summed E-state index contributed by atoms with van der Waals surface area (Å²) in [6.07, 6.45) is 1.63. The summed E-state index contributed by atoms with van der Waals surface area (Å²) in [4.78, 5) is 12.7. The fraction of sp³-hybridized carbons (Fsp3) is 0.562. The molecule has 110 valence electrons. The maximum absolute atomic E-state index is 12.7. The summed E-state index contributed by atoms with van der Waals surface area (Å²) in [5, 5.41) is 6.36. The van der Waals surface area contributed by atoms with Crippen molar-refractivity contribution < 1.29 is 9.53 Å². The zero-order valence-electron chi connectivity index (χ0n) is 12.6. The van der Waals surface area contributed by atoms with Gasteiger partial charge >= 0.3 is 0 Å². The van der Waals surface area contributed by atoms with Crippen LogP contribution in [0.5, 0.6) is 0 Å². The molecule has 0 spiro atoms. The van der Waals surface area contributed by atoms with Crippen molar-refractivity contribution in [3.8, 4) is 0 Å². The topological polar surface area (TPSA) is 50.4 Å². The molecule has 1 heterocycles. The minimum Gasteiger partial charge on any atom is -0.384 e. The Balaban J connectivity index is 2.13. The van der Waals surface area contributed by atoms with Crippen molar-refractivity contribution in [3.63, 3.8) is 0 Å². The highest BCUT2D eigenvalue weighted by Gasteiger charge is 2.39. The van der Waals surface area contributed by atoms with Gasteiger partial charge in [-0.05, 0) is 63.0 Å². The number of piperidine rings is 1. The standard InChI is InChI=1S/C16H24N2O2/c1-12-4-5-14(10-13(12)2)18-15(19)16(11-20-3)6-8-17-9-7-16/h4-5,10,17H,6-9,11H2,1-3H3,(H,18,19). The molecule has 1 aromatic carbocycles. The van der Waals surface area contributed by atoms with Gasteiger partial charge in [-0.3, -0.25) is 4.79 Å². The van der Waals surface area contributed by atoms with Crippen LogP contribution >= 0.6 is 0 Å². The highest BCUT2D eigenvalue weighted by molar-refractivity contribution is 5.95. The van der Waals surface area contributed by atoms with Gasteiger partial charge in [-0.2, -0.15) is 0 Å². The maximum atomic E-state index is 12.7. The lowest BCUT2D eigenvalue weighted by Gasteiger charge is -2.35. The van der Waals surface area contributed by atoms with Gasteiger partial charge in [-0.25, -0.2) is 0 Å². The van der Waals surface area contributed by atoms with E-state index < -0.39 is 5.41 Å². The molecule has 1 amide bonds. The highest BCUT2D eigenvalue weighted by Crippen LogP contribution is 2.31. The number of aryl methyl sites for hydroxylation is 2. The molecule has 1 aliphatic heterocycles. The van der Waals surface area contributed by atoms with E-state index in [1.165, 1.54) is 11.1 Å². The third-order valence-electron chi connectivity index (χ3n) is 4.23. The fourth-order valence-corrected chi connectivity index (χ4v) is 2.70. The normalized spacial score (nSPS) is 17.8. The van der Waals surface area contributed by atoms with Gasteiger partial charge in [-0.1, -0.05) is 6.07 Å². The van der Waals surface area contributed by atoms with E-state index in [0.717, 1.165) is 31.6 Å². The lowest BCUT2D eigenvalue weighted by Crippen LogP contribution is -2.47. The first-order valence-electron chi connectivity index (χ1n) is 7.16. The molecule has 0 aliphatic carbocycles. The van der Waals surface area contributed by atoms with E-state index in [1.807, 2.05) is 18.2 Å². The molecule has 4 heteroatoms. The smallest absolute Gasteiger partial charge is 0.233 e. The molecular weight excluding hydrogens is 252 g/mol. The first-order valence-corrected chi connectivity index (χ1v) is 7.16. The van der Waals surface area contributed by atoms with Gasteiger partial charge < -0.3 is 15.4 Å². The van der Waals surface area contributed by atoms with Crippen molar-refractivity contribution in [3.05, 3.63) is 29.3 Å². The van der Waals surface area contributed by atoms with Gasteiger partial charge in [0.15, 0.2) is 0 Å². The fourth-order valence-electron chi connectivity index (χ4n) is 2.70. The predicted octanol–water partition coefficient (Wildman–Crippen LogP) is 2.26. The summed E-state index contributed by atoms with van der Waals surface area (Å²) in [5.41, 5.74) is 2.89. The molecular formula is C16H24N2O2. The molecule has 0 unspecified atom stereocenters. The molecule has 2 N–H and O–H groups in total. The van der Waals surface area contributed by atoms with E-state index in [0.29, 0.717) is 6.61 Å². The molecule has 1 saturated heterocycles. The number of hydrogen-bond acceptors (Lipinski definition) is 3. The molecule has 1 fully saturated rings. The monoisotopic (exact) mass is 276 g/mol. The van der Waals surface area contributed by atoms with Crippen molar-refractivity contribution in [2.75, 3.05) is 32.1 Å². The van der Waals surface area contributed by atoms with Crippen LogP contribution in [0.15, 0.2) is 18.2 Å². The van der Waals surface area contributed by atoms with E-state index in [4.69, 9.17) is 4.74 Å². The summed E-state index contributed by atoms with van der Waals surface area (Å²) in [6.45, 7) is 6.33. The van der Waals surface area contributed by atoms with Crippen LogP contribution in [0.4, 0.5) is 5.69 Å². The van der Waals surface area contributed by atoms with E-state index in [9.17, 15) is 4.79 Å². The summed E-state index contributed by atoms with van der Waals surface area (Å²) in [7, 11) is 1.66. The lowest BCUT2D eigenvalue weighted by atomic mass is 9.78. The van der Waals surface area contributed by atoms with Gasteiger partial charge in [0.1, 0.15) is 0 Å². The second-order valence-electron chi connectivity index (χ2n) is 5.72. The second kappa shape index (κ2) is 6.37. The van der Waals surface area contributed by atoms with Crippen LogP contribution in [-0.4, -0.2) is 32.7 Å². The highest BCUT2D eigenvalue weighted by atomic mass is 16.5. The Bertz CT molecular complexity index is 474. The van der Waals surface area contributed by atoms with Crippen molar-refractivity contribution in [2.24, 2.45) is 5.41 Å². The van der Waals surface area contributed by atoms with Gasteiger partial charge in [0, 0.05) is 12.8 Å². The SMILES string of the molecule is COCC1(C(=O)Nc2ccc(C)c(C)c2)CCNCC1. The number of hydrogen-bond donors (Lipinski definition) is 2. The molecule has 0 radical (unpaired) electrons. The first kappa shape index (κ1) is 15.0. The van der Waals surface area contributed by atoms with Crippen LogP contribution in [0.1, 0.15) is 24.0 Å². The lowest BCUT2D eigenvalue weighted by molar-refractivity contribution is -0.130. The van der Waals surface area contributed by atoms with E-state index >= 15 is 0 Å².